The molecule has 0 aliphatic carbocycles. The van der Waals surface area contributed by atoms with Gasteiger partial charge in [0.2, 0.25) is 0 Å². The third kappa shape index (κ3) is 4.13. The Kier molecular flexibility index (Phi) is 5.12. The van der Waals surface area contributed by atoms with Gasteiger partial charge in [0.25, 0.3) is 0 Å². The average molecular weight is 353 g/mol. The fraction of sp³-hybridized carbons (Fsp3) is 0.318. The number of aromatic nitrogens is 1. The molecule has 26 heavy (non-hydrogen) atoms. The van der Waals surface area contributed by atoms with Crippen LogP contribution in [0.25, 0.3) is 10.9 Å². The van der Waals surface area contributed by atoms with E-state index < -0.39 is 0 Å². The Bertz CT molecular complexity index is 904. The van der Waals surface area contributed by atoms with Gasteiger partial charge in [0.15, 0.2) is 0 Å². The fourth-order valence-corrected chi connectivity index (χ4v) is 2.97. The minimum atomic E-state index is -0.310. The van der Waals surface area contributed by atoms with Gasteiger partial charge in [-0.15, -0.1) is 0 Å². The van der Waals surface area contributed by atoms with Crippen LogP contribution in [0.5, 0.6) is 0 Å². The zero-order chi connectivity index (χ0) is 18.7. The van der Waals surface area contributed by atoms with Gasteiger partial charge in [-0.25, -0.2) is 9.18 Å². The molecule has 136 valence electrons. The van der Waals surface area contributed by atoms with E-state index >= 15 is 0 Å². The van der Waals surface area contributed by atoms with Crippen molar-refractivity contribution in [1.82, 2.24) is 4.98 Å². The minimum Gasteiger partial charge on any atom is -0.462 e. The number of aromatic amines is 1. The molecule has 0 saturated heterocycles. The summed E-state index contributed by atoms with van der Waals surface area (Å²) in [6.07, 6.45) is 3.30. The maximum absolute atomic E-state index is 13.4. The highest BCUT2D eigenvalue weighted by Crippen LogP contribution is 2.23. The Hall–Kier alpha value is -2.62. The summed E-state index contributed by atoms with van der Waals surface area (Å²) in [6, 6.07) is 12.3. The van der Waals surface area contributed by atoms with Crippen molar-refractivity contribution in [3.63, 3.8) is 0 Å². The molecule has 3 rings (SSSR count). The van der Waals surface area contributed by atoms with Crippen LogP contribution in [0.4, 0.5) is 4.39 Å². The van der Waals surface area contributed by atoms with E-state index in [2.05, 4.69) is 25.8 Å². The lowest BCUT2D eigenvalue weighted by molar-refractivity contribution is 0.0500. The van der Waals surface area contributed by atoms with Gasteiger partial charge < -0.3 is 9.72 Å². The Labute approximate surface area is 153 Å². The number of esters is 1. The molecule has 3 aromatic rings. The molecule has 1 aromatic heterocycles. The van der Waals surface area contributed by atoms with Crippen molar-refractivity contribution < 1.29 is 13.9 Å². The van der Waals surface area contributed by atoms with Crippen LogP contribution in [-0.4, -0.2) is 17.6 Å². The number of hydrogen-bond acceptors (Lipinski definition) is 2. The lowest BCUT2D eigenvalue weighted by Crippen LogP contribution is -2.12. The predicted molar refractivity (Wildman–Crippen MR) is 102 cm³/mol. The second-order valence-electron chi connectivity index (χ2n) is 7.57. The molecule has 1 N–H and O–H groups in total. The third-order valence-corrected chi connectivity index (χ3v) is 4.54. The van der Waals surface area contributed by atoms with E-state index in [1.807, 2.05) is 30.5 Å². The number of carbonyl (C=O) groups is 1. The van der Waals surface area contributed by atoms with Crippen molar-refractivity contribution in [2.24, 2.45) is 0 Å². The quantitative estimate of drug-likeness (QED) is 0.493. The predicted octanol–water partition coefficient (Wildman–Crippen LogP) is 5.39. The number of benzene rings is 2. The molecule has 0 fully saturated rings. The molecule has 4 heteroatoms. The SMILES string of the molecule is CC(C)(C)c1ccc(C(=O)OCCCc2c[nH]c3ccc(F)cc23)cc1. The molecule has 0 unspecified atom stereocenters. The molecule has 0 bridgehead atoms. The molecule has 0 amide bonds. The van der Waals surface area contributed by atoms with Crippen molar-refractivity contribution in [1.29, 1.82) is 0 Å². The zero-order valence-corrected chi connectivity index (χ0v) is 15.4. The molecule has 0 spiro atoms. The van der Waals surface area contributed by atoms with Crippen LogP contribution in [0.15, 0.2) is 48.7 Å². The standard InChI is InChI=1S/C22H24FNO2/c1-22(2,3)17-8-6-15(7-9-17)21(25)26-12-4-5-16-14-24-20-11-10-18(23)13-19(16)20/h6-11,13-14,24H,4-5,12H2,1-3H3. The zero-order valence-electron chi connectivity index (χ0n) is 15.4. The van der Waals surface area contributed by atoms with Gasteiger partial charge in [0.05, 0.1) is 12.2 Å². The smallest absolute Gasteiger partial charge is 0.338 e. The largest absolute Gasteiger partial charge is 0.462 e. The first-order chi connectivity index (χ1) is 12.3. The maximum Gasteiger partial charge on any atom is 0.338 e. The number of hydrogen-bond donors (Lipinski definition) is 1. The van der Waals surface area contributed by atoms with Gasteiger partial charge in [-0.05, 0) is 59.7 Å². The van der Waals surface area contributed by atoms with Gasteiger partial charge in [-0.2, -0.15) is 0 Å². The normalized spacial score (nSPS) is 11.7. The second kappa shape index (κ2) is 7.32. The molecule has 0 atom stereocenters. The number of carbonyl (C=O) groups excluding carboxylic acids is 1. The monoisotopic (exact) mass is 353 g/mol. The summed E-state index contributed by atoms with van der Waals surface area (Å²) >= 11 is 0. The Balaban J connectivity index is 1.53. The van der Waals surface area contributed by atoms with Crippen LogP contribution in [0, 0.1) is 5.82 Å². The van der Waals surface area contributed by atoms with Gasteiger partial charge >= 0.3 is 5.97 Å². The maximum atomic E-state index is 13.4. The summed E-state index contributed by atoms with van der Waals surface area (Å²) in [5.41, 5.74) is 3.75. The first-order valence-corrected chi connectivity index (χ1v) is 8.88. The van der Waals surface area contributed by atoms with E-state index in [0.29, 0.717) is 18.6 Å². The number of aryl methyl sites for hydroxylation is 1. The van der Waals surface area contributed by atoms with Crippen molar-refractivity contribution in [2.45, 2.75) is 39.0 Å². The fourth-order valence-electron chi connectivity index (χ4n) is 2.97. The van der Waals surface area contributed by atoms with Gasteiger partial charge in [-0.3, -0.25) is 0 Å². The number of nitrogens with one attached hydrogen (secondary N) is 1. The van der Waals surface area contributed by atoms with Crippen LogP contribution in [0.3, 0.4) is 0 Å². The highest BCUT2D eigenvalue weighted by atomic mass is 19.1. The second-order valence-corrected chi connectivity index (χ2v) is 7.57. The van der Waals surface area contributed by atoms with E-state index in [9.17, 15) is 9.18 Å². The van der Waals surface area contributed by atoms with E-state index in [4.69, 9.17) is 4.74 Å². The van der Waals surface area contributed by atoms with Gasteiger partial charge in [0.1, 0.15) is 5.82 Å². The molecule has 1 heterocycles. The molecule has 0 aliphatic heterocycles. The molecule has 2 aromatic carbocycles. The molecular weight excluding hydrogens is 329 g/mol. The van der Waals surface area contributed by atoms with Crippen LogP contribution < -0.4 is 0 Å². The highest BCUT2D eigenvalue weighted by molar-refractivity contribution is 5.89. The number of halogens is 1. The lowest BCUT2D eigenvalue weighted by Gasteiger charge is -2.18. The number of fused-ring (bicyclic) bond motifs is 1. The van der Waals surface area contributed by atoms with Crippen LogP contribution in [0.2, 0.25) is 0 Å². The number of ether oxygens (including phenoxy) is 1. The van der Waals surface area contributed by atoms with E-state index in [1.165, 1.54) is 17.7 Å². The first kappa shape index (κ1) is 18.2. The van der Waals surface area contributed by atoms with Crippen LogP contribution in [0.1, 0.15) is 48.7 Å². The minimum absolute atomic E-state index is 0.0568. The third-order valence-electron chi connectivity index (χ3n) is 4.54. The Morgan fingerprint density at radius 2 is 1.85 bits per heavy atom. The topological polar surface area (TPSA) is 42.1 Å². The van der Waals surface area contributed by atoms with E-state index in [1.54, 1.807) is 6.07 Å². The van der Waals surface area contributed by atoms with Crippen molar-refractivity contribution in [3.05, 3.63) is 71.2 Å². The van der Waals surface area contributed by atoms with E-state index in [-0.39, 0.29) is 17.2 Å². The molecule has 3 nitrogen and oxygen atoms in total. The highest BCUT2D eigenvalue weighted by Gasteiger charge is 2.14. The summed E-state index contributed by atoms with van der Waals surface area (Å²) in [4.78, 5) is 15.3. The molecule has 0 radical (unpaired) electrons. The average Bonchev–Trinajstić information content (AvgIpc) is 3.00. The molecular formula is C22H24FNO2. The van der Waals surface area contributed by atoms with Crippen molar-refractivity contribution in [2.75, 3.05) is 6.61 Å². The van der Waals surface area contributed by atoms with E-state index in [0.717, 1.165) is 22.9 Å². The molecule has 0 saturated carbocycles. The van der Waals surface area contributed by atoms with Gasteiger partial charge in [-0.1, -0.05) is 32.9 Å². The summed E-state index contributed by atoms with van der Waals surface area (Å²) < 4.78 is 18.8. The summed E-state index contributed by atoms with van der Waals surface area (Å²) in [6.45, 7) is 6.74. The van der Waals surface area contributed by atoms with Gasteiger partial charge in [0, 0.05) is 17.1 Å². The number of H-pyrrole nitrogens is 1. The lowest BCUT2D eigenvalue weighted by atomic mass is 9.87. The summed E-state index contributed by atoms with van der Waals surface area (Å²) in [5, 5.41) is 0.883. The van der Waals surface area contributed by atoms with Crippen molar-refractivity contribution in [3.8, 4) is 0 Å². The van der Waals surface area contributed by atoms with Crippen molar-refractivity contribution >= 4 is 16.9 Å². The number of rotatable bonds is 5. The summed E-state index contributed by atoms with van der Waals surface area (Å²) in [7, 11) is 0. The summed E-state index contributed by atoms with van der Waals surface area (Å²) in [5.74, 6) is -0.557. The Morgan fingerprint density at radius 3 is 2.54 bits per heavy atom. The molecule has 0 aliphatic rings. The first-order valence-electron chi connectivity index (χ1n) is 8.88. The van der Waals surface area contributed by atoms with Crippen LogP contribution in [-0.2, 0) is 16.6 Å². The Morgan fingerprint density at radius 1 is 1.12 bits per heavy atom. The van der Waals surface area contributed by atoms with Crippen LogP contribution >= 0.6 is 0 Å².